The molecule has 1 atom stereocenters. The fourth-order valence-corrected chi connectivity index (χ4v) is 2.19. The molecule has 2 aromatic carbocycles. The van der Waals surface area contributed by atoms with Crippen LogP contribution in [0.3, 0.4) is 0 Å². The molecule has 1 unspecified atom stereocenters. The lowest BCUT2D eigenvalue weighted by Gasteiger charge is -2.24. The minimum Gasteiger partial charge on any atom is -0.497 e. The van der Waals surface area contributed by atoms with E-state index in [1.165, 1.54) is 0 Å². The van der Waals surface area contributed by atoms with Crippen molar-refractivity contribution in [2.24, 2.45) is 0 Å². The predicted octanol–water partition coefficient (Wildman–Crippen LogP) is 3.81. The summed E-state index contributed by atoms with van der Waals surface area (Å²) < 4.78 is 31.6. The topological polar surface area (TPSA) is 29.5 Å². The van der Waals surface area contributed by atoms with Crippen molar-refractivity contribution >= 4 is 0 Å². The number of benzene rings is 2. The minimum absolute atomic E-state index is 0.244. The van der Waals surface area contributed by atoms with E-state index >= 15 is 0 Å². The highest BCUT2D eigenvalue weighted by Gasteiger charge is 2.24. The molecule has 0 saturated heterocycles. The summed E-state index contributed by atoms with van der Waals surface area (Å²) in [6.45, 7) is 1.56. The Morgan fingerprint density at radius 2 is 1.62 bits per heavy atom. The Morgan fingerprint density at radius 1 is 1.05 bits per heavy atom. The molecule has 0 radical (unpaired) electrons. The number of hydrogen-bond acceptors (Lipinski definition) is 2. The van der Waals surface area contributed by atoms with Crippen molar-refractivity contribution in [3.63, 3.8) is 0 Å². The first-order valence-corrected chi connectivity index (χ1v) is 6.72. The average Bonchev–Trinajstić information content (AvgIpc) is 2.45. The van der Waals surface area contributed by atoms with Gasteiger partial charge in [0, 0.05) is 6.07 Å². The molecular weight excluding hydrogens is 274 g/mol. The van der Waals surface area contributed by atoms with Gasteiger partial charge in [0.1, 0.15) is 17.4 Å². The third-order valence-corrected chi connectivity index (χ3v) is 3.54. The van der Waals surface area contributed by atoms with Gasteiger partial charge in [-0.2, -0.15) is 0 Å². The van der Waals surface area contributed by atoms with Gasteiger partial charge in [-0.25, -0.2) is 8.78 Å². The second-order valence-corrected chi connectivity index (χ2v) is 5.28. The first-order valence-electron chi connectivity index (χ1n) is 6.72. The Labute approximate surface area is 123 Å². The lowest BCUT2D eigenvalue weighted by atomic mass is 9.89. The van der Waals surface area contributed by atoms with Crippen LogP contribution < -0.4 is 4.74 Å². The minimum atomic E-state index is -1.29. The van der Waals surface area contributed by atoms with Crippen LogP contribution in [-0.2, 0) is 12.0 Å². The van der Waals surface area contributed by atoms with Crippen LogP contribution >= 0.6 is 0 Å². The average molecular weight is 292 g/mol. The summed E-state index contributed by atoms with van der Waals surface area (Å²) in [7, 11) is 1.60. The van der Waals surface area contributed by atoms with Crippen molar-refractivity contribution in [3.05, 3.63) is 65.2 Å². The van der Waals surface area contributed by atoms with Gasteiger partial charge in [-0.15, -0.1) is 0 Å². The summed E-state index contributed by atoms with van der Waals surface area (Å²) >= 11 is 0. The summed E-state index contributed by atoms with van der Waals surface area (Å²) in [4.78, 5) is 0. The fraction of sp³-hybridized carbons (Fsp3) is 0.294. The Hall–Kier alpha value is -1.94. The van der Waals surface area contributed by atoms with Crippen molar-refractivity contribution in [1.82, 2.24) is 0 Å². The summed E-state index contributed by atoms with van der Waals surface area (Å²) in [6, 6.07) is 10.6. The third-order valence-electron chi connectivity index (χ3n) is 3.54. The van der Waals surface area contributed by atoms with Gasteiger partial charge in [0.05, 0.1) is 12.7 Å². The Morgan fingerprint density at radius 3 is 2.14 bits per heavy atom. The molecule has 1 N–H and O–H groups in total. The summed E-state index contributed by atoms with van der Waals surface area (Å²) in [6.07, 6.45) is 0.956. The molecule has 0 heterocycles. The molecule has 2 nitrogen and oxygen atoms in total. The molecule has 21 heavy (non-hydrogen) atoms. The number of methoxy groups -OCH3 is 1. The summed E-state index contributed by atoms with van der Waals surface area (Å²) in [5.74, 6) is -0.609. The monoisotopic (exact) mass is 292 g/mol. The van der Waals surface area contributed by atoms with Crippen LogP contribution in [0.25, 0.3) is 0 Å². The maximum Gasteiger partial charge on any atom is 0.126 e. The van der Waals surface area contributed by atoms with Crippen LogP contribution in [0.4, 0.5) is 8.78 Å². The molecule has 0 aliphatic carbocycles. The highest BCUT2D eigenvalue weighted by atomic mass is 19.1. The van der Waals surface area contributed by atoms with Gasteiger partial charge >= 0.3 is 0 Å². The third kappa shape index (κ3) is 4.02. The van der Waals surface area contributed by atoms with Crippen LogP contribution in [0.5, 0.6) is 5.75 Å². The number of aryl methyl sites for hydroxylation is 1. The predicted molar refractivity (Wildman–Crippen MR) is 77.2 cm³/mol. The molecule has 0 aromatic heterocycles. The van der Waals surface area contributed by atoms with E-state index < -0.39 is 17.2 Å². The molecule has 0 bridgehead atoms. The second kappa shape index (κ2) is 6.22. The number of hydrogen-bond donors (Lipinski definition) is 1. The van der Waals surface area contributed by atoms with Crippen molar-refractivity contribution in [1.29, 1.82) is 0 Å². The highest BCUT2D eigenvalue weighted by Crippen LogP contribution is 2.28. The standard InChI is InChI=1S/C17H18F2O2/c1-17(20,13-9-14(18)11-15(19)10-13)8-7-12-3-5-16(21-2)6-4-12/h3-6,9-11,20H,7-8H2,1-2H3. The van der Waals surface area contributed by atoms with Crippen LogP contribution in [0.15, 0.2) is 42.5 Å². The normalized spacial score (nSPS) is 13.8. The van der Waals surface area contributed by atoms with Gasteiger partial charge in [-0.05, 0) is 55.2 Å². The zero-order chi connectivity index (χ0) is 15.5. The lowest BCUT2D eigenvalue weighted by molar-refractivity contribution is 0.0474. The number of halogens is 2. The van der Waals surface area contributed by atoms with E-state index in [-0.39, 0.29) is 5.56 Å². The maximum atomic E-state index is 13.2. The lowest BCUT2D eigenvalue weighted by Crippen LogP contribution is -2.22. The maximum absolute atomic E-state index is 13.2. The Balaban J connectivity index is 2.09. The van der Waals surface area contributed by atoms with Gasteiger partial charge in [0.25, 0.3) is 0 Å². The second-order valence-electron chi connectivity index (χ2n) is 5.28. The van der Waals surface area contributed by atoms with E-state index in [2.05, 4.69) is 0 Å². The van der Waals surface area contributed by atoms with E-state index in [0.29, 0.717) is 12.8 Å². The van der Waals surface area contributed by atoms with E-state index in [0.717, 1.165) is 29.5 Å². The van der Waals surface area contributed by atoms with Crippen LogP contribution in [-0.4, -0.2) is 12.2 Å². The molecule has 0 spiro atoms. The molecule has 2 aromatic rings. The molecule has 0 aliphatic heterocycles. The Kier molecular flexibility index (Phi) is 4.58. The largest absolute Gasteiger partial charge is 0.497 e. The van der Waals surface area contributed by atoms with Crippen LogP contribution in [0, 0.1) is 11.6 Å². The molecule has 112 valence electrons. The molecule has 0 amide bonds. The molecular formula is C17H18F2O2. The molecule has 2 rings (SSSR count). The Bertz CT molecular complexity index is 586. The van der Waals surface area contributed by atoms with E-state index in [9.17, 15) is 13.9 Å². The van der Waals surface area contributed by atoms with Crippen molar-refractivity contribution in [3.8, 4) is 5.75 Å². The molecule has 4 heteroatoms. The first kappa shape index (κ1) is 15.4. The van der Waals surface area contributed by atoms with E-state index in [1.807, 2.05) is 24.3 Å². The fourth-order valence-electron chi connectivity index (χ4n) is 2.19. The van der Waals surface area contributed by atoms with Crippen LogP contribution in [0.1, 0.15) is 24.5 Å². The van der Waals surface area contributed by atoms with E-state index in [1.54, 1.807) is 14.0 Å². The number of aliphatic hydroxyl groups is 1. The summed E-state index contributed by atoms with van der Waals surface area (Å²) in [5, 5.41) is 10.4. The van der Waals surface area contributed by atoms with Gasteiger partial charge < -0.3 is 9.84 Å². The zero-order valence-electron chi connectivity index (χ0n) is 12.1. The molecule has 0 saturated carbocycles. The van der Waals surface area contributed by atoms with Crippen molar-refractivity contribution < 1.29 is 18.6 Å². The van der Waals surface area contributed by atoms with Gasteiger partial charge in [-0.1, -0.05) is 12.1 Å². The van der Waals surface area contributed by atoms with Crippen LogP contribution in [0.2, 0.25) is 0 Å². The highest BCUT2D eigenvalue weighted by molar-refractivity contribution is 5.28. The van der Waals surface area contributed by atoms with E-state index in [4.69, 9.17) is 4.74 Å². The van der Waals surface area contributed by atoms with Gasteiger partial charge in [0.2, 0.25) is 0 Å². The van der Waals surface area contributed by atoms with Gasteiger partial charge in [-0.3, -0.25) is 0 Å². The molecule has 0 fully saturated rings. The number of ether oxygens (including phenoxy) is 1. The smallest absolute Gasteiger partial charge is 0.126 e. The molecule has 0 aliphatic rings. The van der Waals surface area contributed by atoms with Crippen molar-refractivity contribution in [2.75, 3.05) is 7.11 Å². The first-order chi connectivity index (χ1) is 9.90. The van der Waals surface area contributed by atoms with Gasteiger partial charge in [0.15, 0.2) is 0 Å². The SMILES string of the molecule is COc1ccc(CCC(C)(O)c2cc(F)cc(F)c2)cc1. The number of rotatable bonds is 5. The zero-order valence-corrected chi connectivity index (χ0v) is 12.1. The van der Waals surface area contributed by atoms with Crippen molar-refractivity contribution in [2.45, 2.75) is 25.4 Å². The summed E-state index contributed by atoms with van der Waals surface area (Å²) in [5.41, 5.74) is -0.0236. The quantitative estimate of drug-likeness (QED) is 0.908.